The van der Waals surface area contributed by atoms with Gasteiger partial charge in [0.2, 0.25) is 5.91 Å². The number of nitrogens with zero attached hydrogens (tertiary/aromatic N) is 2. The van der Waals surface area contributed by atoms with Gasteiger partial charge in [-0.3, -0.25) is 4.79 Å². The van der Waals surface area contributed by atoms with Crippen LogP contribution < -0.4 is 10.6 Å². The van der Waals surface area contributed by atoms with Crippen LogP contribution in [0.25, 0.3) is 11.0 Å². The molecule has 23 heavy (non-hydrogen) atoms. The Hall–Kier alpha value is -1.88. The molecule has 0 saturated carbocycles. The summed E-state index contributed by atoms with van der Waals surface area (Å²) in [6.07, 6.45) is 2.80. The molecule has 1 aliphatic rings. The molecule has 2 N–H and O–H groups in total. The largest absolute Gasteiger partial charge is 0.346 e. The molecule has 2 unspecified atom stereocenters. The number of nitrogens with one attached hydrogen (secondary N) is 2. The van der Waals surface area contributed by atoms with Crippen LogP contribution in [0.1, 0.15) is 57.9 Å². The van der Waals surface area contributed by atoms with E-state index in [0.717, 1.165) is 36.2 Å². The number of carbonyl (C=O) groups excluding carboxylic acids is 1. The van der Waals surface area contributed by atoms with Gasteiger partial charge in [-0.2, -0.15) is 0 Å². The third-order valence-corrected chi connectivity index (χ3v) is 4.50. The Morgan fingerprint density at radius 3 is 2.87 bits per heavy atom. The molecule has 1 fully saturated rings. The number of rotatable bonds is 5. The van der Waals surface area contributed by atoms with Crippen molar-refractivity contribution in [3.8, 4) is 0 Å². The van der Waals surface area contributed by atoms with Crippen molar-refractivity contribution >= 4 is 16.9 Å². The van der Waals surface area contributed by atoms with Gasteiger partial charge in [0.25, 0.3) is 0 Å². The molecule has 5 heteroatoms. The summed E-state index contributed by atoms with van der Waals surface area (Å²) in [6.45, 7) is 7.33. The third-order valence-electron chi connectivity index (χ3n) is 4.50. The van der Waals surface area contributed by atoms with Crippen molar-refractivity contribution in [2.75, 3.05) is 6.54 Å². The van der Waals surface area contributed by atoms with Crippen LogP contribution in [0.2, 0.25) is 0 Å². The summed E-state index contributed by atoms with van der Waals surface area (Å²) < 4.78 is 2.22. The number of para-hydroxylation sites is 2. The van der Waals surface area contributed by atoms with Crippen molar-refractivity contribution in [3.63, 3.8) is 0 Å². The lowest BCUT2D eigenvalue weighted by atomic mass is 10.1. The average molecular weight is 314 g/mol. The highest BCUT2D eigenvalue weighted by molar-refractivity contribution is 5.78. The Bertz CT molecular complexity index is 685. The fraction of sp³-hybridized carbons (Fsp3) is 0.556. The highest BCUT2D eigenvalue weighted by Crippen LogP contribution is 2.25. The summed E-state index contributed by atoms with van der Waals surface area (Å²) >= 11 is 0. The molecule has 1 saturated heterocycles. The topological polar surface area (TPSA) is 59.0 Å². The van der Waals surface area contributed by atoms with Crippen LogP contribution >= 0.6 is 0 Å². The number of imidazole rings is 1. The summed E-state index contributed by atoms with van der Waals surface area (Å²) in [7, 11) is 0. The standard InChI is InChI=1S/C18H26N4O/c1-12(2)22-16-9-5-4-8-15(16)21-18(22)13(3)20-17(23)11-14-7-6-10-19-14/h4-5,8-9,12-14,19H,6-7,10-11H2,1-3H3,(H,20,23). The van der Waals surface area contributed by atoms with E-state index < -0.39 is 0 Å². The van der Waals surface area contributed by atoms with E-state index in [4.69, 9.17) is 4.98 Å². The van der Waals surface area contributed by atoms with Gasteiger partial charge < -0.3 is 15.2 Å². The first-order valence-corrected chi connectivity index (χ1v) is 8.56. The molecule has 3 rings (SSSR count). The van der Waals surface area contributed by atoms with Crippen molar-refractivity contribution in [3.05, 3.63) is 30.1 Å². The van der Waals surface area contributed by atoms with Gasteiger partial charge in [0.05, 0.1) is 17.1 Å². The summed E-state index contributed by atoms with van der Waals surface area (Å²) in [4.78, 5) is 17.0. The van der Waals surface area contributed by atoms with Crippen molar-refractivity contribution in [2.24, 2.45) is 0 Å². The molecule has 0 aliphatic carbocycles. The van der Waals surface area contributed by atoms with E-state index in [2.05, 4.69) is 35.1 Å². The molecule has 0 spiro atoms. The lowest BCUT2D eigenvalue weighted by Gasteiger charge is -2.19. The first-order valence-electron chi connectivity index (χ1n) is 8.56. The molecule has 1 aliphatic heterocycles. The van der Waals surface area contributed by atoms with E-state index in [1.807, 2.05) is 25.1 Å². The molecule has 0 radical (unpaired) electrons. The highest BCUT2D eigenvalue weighted by atomic mass is 16.1. The van der Waals surface area contributed by atoms with Gasteiger partial charge in [-0.1, -0.05) is 12.1 Å². The van der Waals surface area contributed by atoms with Crippen molar-refractivity contribution in [1.29, 1.82) is 0 Å². The van der Waals surface area contributed by atoms with Crippen LogP contribution in [-0.2, 0) is 4.79 Å². The number of fused-ring (bicyclic) bond motifs is 1. The predicted octanol–water partition coefficient (Wildman–Crippen LogP) is 2.94. The van der Waals surface area contributed by atoms with Crippen LogP contribution in [0.5, 0.6) is 0 Å². The second kappa shape index (κ2) is 6.71. The average Bonchev–Trinajstić information content (AvgIpc) is 3.13. The van der Waals surface area contributed by atoms with E-state index in [0.29, 0.717) is 18.5 Å². The zero-order chi connectivity index (χ0) is 16.4. The molecule has 1 amide bonds. The van der Waals surface area contributed by atoms with Crippen molar-refractivity contribution in [2.45, 2.75) is 58.2 Å². The third kappa shape index (κ3) is 3.39. The molecule has 2 atom stereocenters. The lowest BCUT2D eigenvalue weighted by Crippen LogP contribution is -2.34. The van der Waals surface area contributed by atoms with Crippen LogP contribution in [0.15, 0.2) is 24.3 Å². The number of aromatic nitrogens is 2. The van der Waals surface area contributed by atoms with E-state index in [1.165, 1.54) is 0 Å². The highest BCUT2D eigenvalue weighted by Gasteiger charge is 2.22. The van der Waals surface area contributed by atoms with Gasteiger partial charge in [-0.05, 0) is 52.3 Å². The Kier molecular flexibility index (Phi) is 4.66. The summed E-state index contributed by atoms with van der Waals surface area (Å²) in [5, 5.41) is 6.49. The summed E-state index contributed by atoms with van der Waals surface area (Å²) in [5.41, 5.74) is 2.10. The van der Waals surface area contributed by atoms with Crippen molar-refractivity contribution < 1.29 is 4.79 Å². The zero-order valence-electron chi connectivity index (χ0n) is 14.2. The zero-order valence-corrected chi connectivity index (χ0v) is 14.2. The number of amides is 1. The summed E-state index contributed by atoms with van der Waals surface area (Å²) in [6, 6.07) is 8.66. The second-order valence-electron chi connectivity index (χ2n) is 6.71. The Labute approximate surface area is 137 Å². The van der Waals surface area contributed by atoms with Crippen LogP contribution in [0.3, 0.4) is 0 Å². The Balaban J connectivity index is 1.78. The van der Waals surface area contributed by atoms with E-state index >= 15 is 0 Å². The second-order valence-corrected chi connectivity index (χ2v) is 6.71. The number of hydrogen-bond donors (Lipinski definition) is 2. The molecule has 1 aromatic heterocycles. The molecular formula is C18H26N4O. The maximum absolute atomic E-state index is 12.3. The minimum Gasteiger partial charge on any atom is -0.346 e. The molecule has 1 aromatic carbocycles. The molecule has 2 heterocycles. The van der Waals surface area contributed by atoms with E-state index in [9.17, 15) is 4.79 Å². The van der Waals surface area contributed by atoms with Gasteiger partial charge in [0, 0.05) is 18.5 Å². The normalized spacial score (nSPS) is 19.4. The fourth-order valence-electron chi connectivity index (χ4n) is 3.43. The maximum atomic E-state index is 12.3. The summed E-state index contributed by atoms with van der Waals surface area (Å²) in [5.74, 6) is 1.02. The van der Waals surface area contributed by atoms with Gasteiger partial charge in [0.15, 0.2) is 0 Å². The fourth-order valence-corrected chi connectivity index (χ4v) is 3.43. The first kappa shape index (κ1) is 16.0. The van der Waals surface area contributed by atoms with Gasteiger partial charge in [-0.15, -0.1) is 0 Å². The SMILES string of the molecule is CC(NC(=O)CC1CCCN1)c1nc2ccccc2n1C(C)C. The first-order chi connectivity index (χ1) is 11.1. The predicted molar refractivity (Wildman–Crippen MR) is 92.3 cm³/mol. The number of hydrogen-bond acceptors (Lipinski definition) is 3. The van der Waals surface area contributed by atoms with Crippen LogP contribution in [0, 0.1) is 0 Å². The van der Waals surface area contributed by atoms with Crippen molar-refractivity contribution in [1.82, 2.24) is 20.2 Å². The minimum atomic E-state index is -0.0984. The minimum absolute atomic E-state index is 0.0965. The monoisotopic (exact) mass is 314 g/mol. The molecule has 2 aromatic rings. The molecular weight excluding hydrogens is 288 g/mol. The van der Waals surface area contributed by atoms with E-state index in [-0.39, 0.29) is 11.9 Å². The van der Waals surface area contributed by atoms with Gasteiger partial charge in [-0.25, -0.2) is 4.98 Å². The molecule has 124 valence electrons. The lowest BCUT2D eigenvalue weighted by molar-refractivity contribution is -0.122. The Morgan fingerprint density at radius 2 is 2.17 bits per heavy atom. The van der Waals surface area contributed by atoms with Gasteiger partial charge >= 0.3 is 0 Å². The Morgan fingerprint density at radius 1 is 1.39 bits per heavy atom. The van der Waals surface area contributed by atoms with Crippen LogP contribution in [0.4, 0.5) is 0 Å². The quantitative estimate of drug-likeness (QED) is 0.892. The smallest absolute Gasteiger partial charge is 0.222 e. The molecule has 0 bridgehead atoms. The molecule has 5 nitrogen and oxygen atoms in total. The van der Waals surface area contributed by atoms with E-state index in [1.54, 1.807) is 0 Å². The number of carbonyl (C=O) groups is 1. The maximum Gasteiger partial charge on any atom is 0.222 e. The number of benzene rings is 1. The van der Waals surface area contributed by atoms with Gasteiger partial charge in [0.1, 0.15) is 5.82 Å². The van der Waals surface area contributed by atoms with Crippen LogP contribution in [-0.4, -0.2) is 28.0 Å².